The maximum atomic E-state index is 12.2. The summed E-state index contributed by atoms with van der Waals surface area (Å²) in [7, 11) is -4.42. The van der Waals surface area contributed by atoms with Crippen molar-refractivity contribution >= 4 is 19.7 Å². The summed E-state index contributed by atoms with van der Waals surface area (Å²) >= 11 is 0. The molecule has 0 saturated carbocycles. The van der Waals surface area contributed by atoms with Crippen LogP contribution in [0.3, 0.4) is 0 Å². The molecule has 0 aromatic heterocycles. The van der Waals surface area contributed by atoms with E-state index in [1.165, 1.54) is 231 Å². The number of hydrogen-bond acceptors (Lipinski definition) is 7. The summed E-state index contributed by atoms with van der Waals surface area (Å²) < 4.78 is 27.0. The van der Waals surface area contributed by atoms with Crippen molar-refractivity contribution in [3.63, 3.8) is 0 Å². The average Bonchev–Trinajstić information content (AvgIpc) is 3.27. The van der Waals surface area contributed by atoms with Crippen LogP contribution in [-0.4, -0.2) is 54.3 Å². The second-order valence-corrected chi connectivity index (χ2v) is 20.4. The molecule has 0 fully saturated rings. The van der Waals surface area contributed by atoms with Gasteiger partial charge >= 0.3 is 13.8 Å². The zero-order chi connectivity index (χ0) is 46.0. The van der Waals surface area contributed by atoms with Crippen molar-refractivity contribution in [2.45, 2.75) is 302 Å². The second-order valence-electron chi connectivity index (χ2n) is 18.9. The first-order chi connectivity index (χ1) is 30.8. The fraction of sp³-hybridized carbons (Fsp3) is 0.962. The summed E-state index contributed by atoms with van der Waals surface area (Å²) in [5.41, 5.74) is 0. The molecule has 2 unspecified atom stereocenters. The lowest BCUT2D eigenvalue weighted by molar-refractivity contribution is -0.147. The number of nitrogens with one attached hydrogen (secondary N) is 1. The first-order valence-corrected chi connectivity index (χ1v) is 29.0. The van der Waals surface area contributed by atoms with Crippen LogP contribution >= 0.6 is 7.82 Å². The van der Waals surface area contributed by atoms with Gasteiger partial charge < -0.3 is 20.1 Å². The van der Waals surface area contributed by atoms with Crippen molar-refractivity contribution in [3.8, 4) is 0 Å². The lowest BCUT2D eigenvalue weighted by Gasteiger charge is -2.15. The van der Waals surface area contributed by atoms with Crippen LogP contribution in [0.25, 0.3) is 0 Å². The topological polar surface area (TPSA) is 131 Å². The Hall–Kier alpha value is -0.990. The van der Waals surface area contributed by atoms with E-state index < -0.39 is 26.5 Å². The number of ether oxygens (including phenoxy) is 1. The maximum absolute atomic E-state index is 12.2. The summed E-state index contributed by atoms with van der Waals surface area (Å²) in [5, 5.41) is 12.8. The number of amides is 1. The number of unbranched alkanes of at least 4 members (excludes halogenated alkanes) is 40. The first-order valence-electron chi connectivity index (χ1n) is 27.5. The lowest BCUT2D eigenvalue weighted by Crippen LogP contribution is -2.27. The van der Waals surface area contributed by atoms with E-state index in [-0.39, 0.29) is 25.7 Å². The molecular formula is C53H106NO8P. The number of esters is 1. The molecule has 0 aliphatic heterocycles. The third-order valence-electron chi connectivity index (χ3n) is 12.5. The van der Waals surface area contributed by atoms with Gasteiger partial charge in [-0.25, -0.2) is 4.57 Å². The minimum Gasteiger partial charge on any atom is -0.463 e. The average molecular weight is 916 g/mol. The summed E-state index contributed by atoms with van der Waals surface area (Å²) in [6.07, 6.45) is 54.8. The Labute approximate surface area is 390 Å². The third kappa shape index (κ3) is 51.9. The largest absolute Gasteiger partial charge is 0.472 e. The molecule has 376 valence electrons. The number of carbonyl (C=O) groups excluding carboxylic acids is 2. The molecule has 0 aliphatic rings. The minimum absolute atomic E-state index is 0.0890. The number of carbonyl (C=O) groups is 2. The molecule has 3 N–H and O–H groups in total. The molecule has 0 bridgehead atoms. The van der Waals surface area contributed by atoms with Crippen LogP contribution < -0.4 is 5.32 Å². The Bertz CT molecular complexity index is 1000. The molecule has 0 saturated heterocycles. The van der Waals surface area contributed by atoms with Crippen molar-refractivity contribution in [3.05, 3.63) is 0 Å². The number of aliphatic hydroxyl groups excluding tert-OH is 1. The predicted octanol–water partition coefficient (Wildman–Crippen LogP) is 16.3. The van der Waals surface area contributed by atoms with Crippen molar-refractivity contribution in [2.75, 3.05) is 26.4 Å². The molecule has 0 aromatic carbocycles. The molecule has 10 heteroatoms. The second kappa shape index (κ2) is 50.4. The van der Waals surface area contributed by atoms with Gasteiger partial charge in [0.1, 0.15) is 12.7 Å². The van der Waals surface area contributed by atoms with Crippen LogP contribution in [0.4, 0.5) is 0 Å². The highest BCUT2D eigenvalue weighted by molar-refractivity contribution is 7.47. The SMILES string of the molecule is CCCCCCCCCCCCCCCCCCCCCCCCCC(=O)NCCOP(=O)(O)OCC(O)COC(=O)CCCCCCCCCCCCCCCCCCCCC. The highest BCUT2D eigenvalue weighted by Crippen LogP contribution is 2.42. The van der Waals surface area contributed by atoms with Gasteiger partial charge in [-0.1, -0.05) is 271 Å². The van der Waals surface area contributed by atoms with Gasteiger partial charge in [0.15, 0.2) is 0 Å². The summed E-state index contributed by atoms with van der Waals surface area (Å²) in [5.74, 6) is -0.496. The van der Waals surface area contributed by atoms with Crippen LogP contribution in [-0.2, 0) is 27.9 Å². The Kier molecular flexibility index (Phi) is 49.6. The van der Waals surface area contributed by atoms with Crippen LogP contribution in [0, 0.1) is 0 Å². The van der Waals surface area contributed by atoms with Crippen LogP contribution in [0.2, 0.25) is 0 Å². The van der Waals surface area contributed by atoms with E-state index in [0.717, 1.165) is 38.5 Å². The van der Waals surface area contributed by atoms with Crippen molar-refractivity contribution in [1.82, 2.24) is 5.32 Å². The smallest absolute Gasteiger partial charge is 0.463 e. The number of aliphatic hydroxyl groups is 1. The normalized spacial score (nSPS) is 13.0. The van der Waals surface area contributed by atoms with Gasteiger partial charge in [0.05, 0.1) is 13.2 Å². The van der Waals surface area contributed by atoms with E-state index in [0.29, 0.717) is 12.8 Å². The Morgan fingerprint density at radius 2 is 0.714 bits per heavy atom. The Balaban J connectivity index is 3.48. The highest BCUT2D eigenvalue weighted by Gasteiger charge is 2.23. The van der Waals surface area contributed by atoms with Crippen LogP contribution in [0.1, 0.15) is 296 Å². The van der Waals surface area contributed by atoms with Gasteiger partial charge in [0.25, 0.3) is 0 Å². The maximum Gasteiger partial charge on any atom is 0.472 e. The summed E-state index contributed by atoms with van der Waals surface area (Å²) in [6, 6.07) is 0. The van der Waals surface area contributed by atoms with Crippen LogP contribution in [0.5, 0.6) is 0 Å². The molecule has 0 rings (SSSR count). The van der Waals surface area contributed by atoms with Crippen molar-refractivity contribution in [1.29, 1.82) is 0 Å². The summed E-state index contributed by atoms with van der Waals surface area (Å²) in [6.45, 7) is 3.64. The Morgan fingerprint density at radius 1 is 0.429 bits per heavy atom. The van der Waals surface area contributed by atoms with Gasteiger partial charge in [-0.05, 0) is 12.8 Å². The molecule has 0 spiro atoms. The summed E-state index contributed by atoms with van der Waals surface area (Å²) in [4.78, 5) is 34.1. The van der Waals surface area contributed by atoms with E-state index in [1.807, 2.05) is 0 Å². The van der Waals surface area contributed by atoms with Gasteiger partial charge in [-0.3, -0.25) is 18.6 Å². The van der Waals surface area contributed by atoms with Gasteiger partial charge in [0.2, 0.25) is 5.91 Å². The molecule has 0 radical (unpaired) electrons. The van der Waals surface area contributed by atoms with E-state index in [2.05, 4.69) is 19.2 Å². The third-order valence-corrected chi connectivity index (χ3v) is 13.5. The lowest BCUT2D eigenvalue weighted by atomic mass is 10.0. The standard InChI is InChI=1S/C53H106NO8P/c1-3-5-7-9-11-13-15-17-19-21-23-24-25-26-28-29-31-33-35-37-39-41-43-45-52(56)54-47-48-61-63(58,59)62-50-51(55)49-60-53(57)46-44-42-40-38-36-34-32-30-27-22-20-18-16-14-12-10-8-6-4-2/h51,55H,3-50H2,1-2H3,(H,54,56)(H,58,59). The molecule has 63 heavy (non-hydrogen) atoms. The predicted molar refractivity (Wildman–Crippen MR) is 266 cm³/mol. The zero-order valence-electron chi connectivity index (χ0n) is 41.8. The van der Waals surface area contributed by atoms with E-state index >= 15 is 0 Å². The number of rotatable bonds is 53. The minimum atomic E-state index is -4.42. The molecule has 2 atom stereocenters. The van der Waals surface area contributed by atoms with Gasteiger partial charge in [0, 0.05) is 19.4 Å². The van der Waals surface area contributed by atoms with Gasteiger partial charge in [-0.15, -0.1) is 0 Å². The number of phosphoric acid groups is 1. The molecular weight excluding hydrogens is 810 g/mol. The van der Waals surface area contributed by atoms with Crippen LogP contribution in [0.15, 0.2) is 0 Å². The highest BCUT2D eigenvalue weighted by atomic mass is 31.2. The fourth-order valence-corrected chi connectivity index (χ4v) is 9.14. The molecule has 9 nitrogen and oxygen atoms in total. The number of hydrogen-bond donors (Lipinski definition) is 3. The molecule has 0 aliphatic carbocycles. The van der Waals surface area contributed by atoms with E-state index in [1.54, 1.807) is 0 Å². The molecule has 1 amide bonds. The van der Waals surface area contributed by atoms with Gasteiger partial charge in [-0.2, -0.15) is 0 Å². The Morgan fingerprint density at radius 3 is 1.03 bits per heavy atom. The first kappa shape index (κ1) is 62.0. The van der Waals surface area contributed by atoms with Crippen molar-refractivity contribution < 1.29 is 37.9 Å². The monoisotopic (exact) mass is 916 g/mol. The molecule has 0 heterocycles. The van der Waals surface area contributed by atoms with Crippen molar-refractivity contribution in [2.24, 2.45) is 0 Å². The fourth-order valence-electron chi connectivity index (χ4n) is 8.39. The van der Waals surface area contributed by atoms with E-state index in [4.69, 9.17) is 13.8 Å². The van der Waals surface area contributed by atoms with E-state index in [9.17, 15) is 24.2 Å². The zero-order valence-corrected chi connectivity index (χ0v) is 42.7. The number of phosphoric ester groups is 1. The molecule has 0 aromatic rings. The quantitative estimate of drug-likeness (QED) is 0.0312.